The molecule has 0 aliphatic carbocycles. The third-order valence-electron chi connectivity index (χ3n) is 5.22. The molecule has 0 radical (unpaired) electrons. The third-order valence-corrected chi connectivity index (χ3v) is 7.09. The summed E-state index contributed by atoms with van der Waals surface area (Å²) < 4.78 is 52.4. The Kier molecular flexibility index (Phi) is 5.19. The minimum absolute atomic E-state index is 0.0165. The minimum Gasteiger partial charge on any atom is -0.326 e. The highest BCUT2D eigenvalue weighted by Crippen LogP contribution is 2.29. The number of nitrogens with one attached hydrogen (secondary N) is 1. The van der Waals surface area contributed by atoms with Gasteiger partial charge in [0, 0.05) is 31.3 Å². The molecule has 10 heteroatoms. The summed E-state index contributed by atoms with van der Waals surface area (Å²) in [5.74, 6) is -3.02. The molecule has 0 bridgehead atoms. The number of carbonyl (C=O) groups is 2. The van der Waals surface area contributed by atoms with Gasteiger partial charge in [-0.1, -0.05) is 0 Å². The van der Waals surface area contributed by atoms with Crippen LogP contribution >= 0.6 is 0 Å². The zero-order chi connectivity index (χ0) is 21.5. The number of sulfonamides is 1. The Morgan fingerprint density at radius 3 is 2.47 bits per heavy atom. The molecule has 2 aromatic rings. The Morgan fingerprint density at radius 2 is 1.83 bits per heavy atom. The standard InChI is InChI=1S/C20H19F2N3O4S/c21-14-2-7-18(17(22)11-14)24-12-13(10-19(24)26)20(27)23-15-3-5-16(6-4-15)25-8-1-9-30(25,28)29/h2-7,11,13H,1,8-10,12H2,(H,23,27). The normalized spacial score (nSPS) is 20.6. The predicted molar refractivity (Wildman–Crippen MR) is 108 cm³/mol. The molecular formula is C20H19F2N3O4S. The summed E-state index contributed by atoms with van der Waals surface area (Å²) in [7, 11) is -3.29. The van der Waals surface area contributed by atoms with Crippen LogP contribution in [0.15, 0.2) is 42.5 Å². The maximum atomic E-state index is 14.0. The lowest BCUT2D eigenvalue weighted by Crippen LogP contribution is -2.28. The molecule has 2 fully saturated rings. The van der Waals surface area contributed by atoms with Gasteiger partial charge in [-0.25, -0.2) is 17.2 Å². The number of nitrogens with zero attached hydrogens (tertiary/aromatic N) is 2. The van der Waals surface area contributed by atoms with Crippen LogP contribution in [-0.2, 0) is 19.6 Å². The highest BCUT2D eigenvalue weighted by atomic mass is 32.2. The monoisotopic (exact) mass is 435 g/mol. The number of anilines is 3. The highest BCUT2D eigenvalue weighted by molar-refractivity contribution is 7.93. The van der Waals surface area contributed by atoms with Gasteiger partial charge in [0.2, 0.25) is 21.8 Å². The molecule has 30 heavy (non-hydrogen) atoms. The molecule has 158 valence electrons. The average Bonchev–Trinajstić information content (AvgIpc) is 3.24. The molecule has 0 saturated carbocycles. The van der Waals surface area contributed by atoms with Crippen molar-refractivity contribution in [2.75, 3.05) is 33.4 Å². The number of amides is 2. The van der Waals surface area contributed by atoms with Crippen LogP contribution in [0.25, 0.3) is 0 Å². The van der Waals surface area contributed by atoms with E-state index < -0.39 is 39.4 Å². The molecule has 2 aromatic carbocycles. The average molecular weight is 435 g/mol. The van der Waals surface area contributed by atoms with Gasteiger partial charge in [0.25, 0.3) is 0 Å². The highest BCUT2D eigenvalue weighted by Gasteiger charge is 2.36. The molecule has 2 aliphatic rings. The fraction of sp³-hybridized carbons (Fsp3) is 0.300. The first-order valence-corrected chi connectivity index (χ1v) is 11.0. The van der Waals surface area contributed by atoms with E-state index in [2.05, 4.69) is 5.32 Å². The van der Waals surface area contributed by atoms with Gasteiger partial charge in [-0.05, 0) is 42.8 Å². The van der Waals surface area contributed by atoms with E-state index in [1.165, 1.54) is 10.4 Å². The first-order valence-electron chi connectivity index (χ1n) is 9.41. The second-order valence-electron chi connectivity index (χ2n) is 7.28. The van der Waals surface area contributed by atoms with E-state index in [-0.39, 0.29) is 24.4 Å². The topological polar surface area (TPSA) is 86.8 Å². The lowest BCUT2D eigenvalue weighted by Gasteiger charge is -2.18. The Morgan fingerprint density at radius 1 is 1.10 bits per heavy atom. The van der Waals surface area contributed by atoms with E-state index in [0.29, 0.717) is 30.4 Å². The summed E-state index contributed by atoms with van der Waals surface area (Å²) in [5, 5.41) is 2.70. The SMILES string of the molecule is O=C(Nc1ccc(N2CCCS2(=O)=O)cc1)C1CC(=O)N(c2ccc(F)cc2F)C1. The van der Waals surface area contributed by atoms with Crippen molar-refractivity contribution in [3.8, 4) is 0 Å². The van der Waals surface area contributed by atoms with E-state index in [1.807, 2.05) is 0 Å². The van der Waals surface area contributed by atoms with Crippen LogP contribution in [0.5, 0.6) is 0 Å². The lowest BCUT2D eigenvalue weighted by atomic mass is 10.1. The van der Waals surface area contributed by atoms with Crippen molar-refractivity contribution >= 4 is 38.9 Å². The van der Waals surface area contributed by atoms with Crippen LogP contribution in [0.3, 0.4) is 0 Å². The van der Waals surface area contributed by atoms with Gasteiger partial charge in [0.15, 0.2) is 0 Å². The second kappa shape index (κ2) is 7.67. The third kappa shape index (κ3) is 3.87. The first kappa shape index (κ1) is 20.3. The number of rotatable bonds is 4. The van der Waals surface area contributed by atoms with Crippen molar-refractivity contribution in [3.63, 3.8) is 0 Å². The molecule has 1 unspecified atom stereocenters. The van der Waals surface area contributed by atoms with Gasteiger partial charge in [0.05, 0.1) is 23.0 Å². The van der Waals surface area contributed by atoms with Gasteiger partial charge >= 0.3 is 0 Å². The molecule has 2 aliphatic heterocycles. The summed E-state index contributed by atoms with van der Waals surface area (Å²) in [4.78, 5) is 26.0. The number of halogens is 2. The van der Waals surface area contributed by atoms with E-state index in [0.717, 1.165) is 11.0 Å². The maximum absolute atomic E-state index is 14.0. The molecular weight excluding hydrogens is 416 g/mol. The molecule has 2 heterocycles. The predicted octanol–water partition coefficient (Wildman–Crippen LogP) is 2.50. The Hall–Kier alpha value is -3.01. The van der Waals surface area contributed by atoms with Crippen LogP contribution in [0.2, 0.25) is 0 Å². The number of hydrogen-bond donors (Lipinski definition) is 1. The van der Waals surface area contributed by atoms with E-state index in [1.54, 1.807) is 24.3 Å². The Bertz CT molecular complexity index is 1110. The van der Waals surface area contributed by atoms with Crippen molar-refractivity contribution in [2.45, 2.75) is 12.8 Å². The number of benzene rings is 2. The van der Waals surface area contributed by atoms with Crippen molar-refractivity contribution in [1.29, 1.82) is 0 Å². The number of hydrogen-bond acceptors (Lipinski definition) is 4. The molecule has 0 aromatic heterocycles. The van der Waals surface area contributed by atoms with Crippen LogP contribution in [-0.4, -0.2) is 39.1 Å². The summed E-state index contributed by atoms with van der Waals surface area (Å²) in [6, 6.07) is 9.33. The van der Waals surface area contributed by atoms with Crippen molar-refractivity contribution < 1.29 is 26.8 Å². The zero-order valence-electron chi connectivity index (χ0n) is 15.8. The van der Waals surface area contributed by atoms with Gasteiger partial charge in [-0.2, -0.15) is 0 Å². The zero-order valence-corrected chi connectivity index (χ0v) is 16.7. The van der Waals surface area contributed by atoms with Gasteiger partial charge < -0.3 is 10.2 Å². The van der Waals surface area contributed by atoms with Crippen LogP contribution in [0.1, 0.15) is 12.8 Å². The van der Waals surface area contributed by atoms with Crippen molar-refractivity contribution in [1.82, 2.24) is 0 Å². The lowest BCUT2D eigenvalue weighted by molar-refractivity contribution is -0.122. The maximum Gasteiger partial charge on any atom is 0.235 e. The fourth-order valence-corrected chi connectivity index (χ4v) is 5.27. The Labute approximate surface area is 172 Å². The summed E-state index contributed by atoms with van der Waals surface area (Å²) in [6.07, 6.45) is 0.481. The fourth-order valence-electron chi connectivity index (χ4n) is 3.70. The summed E-state index contributed by atoms with van der Waals surface area (Å²) in [6.45, 7) is 0.408. The molecule has 2 amide bonds. The van der Waals surface area contributed by atoms with Crippen LogP contribution in [0.4, 0.5) is 25.8 Å². The van der Waals surface area contributed by atoms with Gasteiger partial charge in [0.1, 0.15) is 11.6 Å². The minimum atomic E-state index is -3.29. The molecule has 1 atom stereocenters. The first-order chi connectivity index (χ1) is 14.2. The van der Waals surface area contributed by atoms with Gasteiger partial charge in [-0.3, -0.25) is 13.9 Å². The van der Waals surface area contributed by atoms with E-state index in [4.69, 9.17) is 0 Å². The largest absolute Gasteiger partial charge is 0.326 e. The second-order valence-corrected chi connectivity index (χ2v) is 9.29. The van der Waals surface area contributed by atoms with E-state index in [9.17, 15) is 26.8 Å². The number of carbonyl (C=O) groups excluding carboxylic acids is 2. The molecule has 0 spiro atoms. The molecule has 1 N–H and O–H groups in total. The summed E-state index contributed by atoms with van der Waals surface area (Å²) >= 11 is 0. The van der Waals surface area contributed by atoms with Crippen LogP contribution < -0.4 is 14.5 Å². The summed E-state index contributed by atoms with van der Waals surface area (Å²) in [5.41, 5.74) is 0.923. The molecule has 2 saturated heterocycles. The van der Waals surface area contributed by atoms with E-state index >= 15 is 0 Å². The smallest absolute Gasteiger partial charge is 0.235 e. The molecule has 7 nitrogen and oxygen atoms in total. The van der Waals surface area contributed by atoms with Crippen LogP contribution in [0, 0.1) is 17.6 Å². The quantitative estimate of drug-likeness (QED) is 0.800. The van der Waals surface area contributed by atoms with Crippen molar-refractivity contribution in [3.05, 3.63) is 54.1 Å². The Balaban J connectivity index is 1.42. The van der Waals surface area contributed by atoms with Gasteiger partial charge in [-0.15, -0.1) is 0 Å². The van der Waals surface area contributed by atoms with Crippen molar-refractivity contribution in [2.24, 2.45) is 5.92 Å². The molecule has 4 rings (SSSR count).